The number of carboxylic acids is 1. The average Bonchev–Trinajstić information content (AvgIpc) is 2.69. The Morgan fingerprint density at radius 3 is 3.12 bits per heavy atom. The maximum Gasteiger partial charge on any atom is 0.328 e. The van der Waals surface area contributed by atoms with Gasteiger partial charge in [0.2, 0.25) is 0 Å². The van der Waals surface area contributed by atoms with Crippen LogP contribution in [0, 0.1) is 0 Å². The molecule has 0 saturated carbocycles. The number of hydrogen-bond donors (Lipinski definition) is 1. The maximum atomic E-state index is 10.5. The first-order valence-corrected chi connectivity index (χ1v) is 5.51. The predicted molar refractivity (Wildman–Crippen MR) is 66.0 cm³/mol. The summed E-state index contributed by atoms with van der Waals surface area (Å²) in [5, 5.41) is 8.63. The molecule has 0 saturated heterocycles. The molecule has 3 heteroatoms. The molecule has 0 bridgehead atoms. The van der Waals surface area contributed by atoms with Crippen LogP contribution in [0.3, 0.4) is 0 Å². The van der Waals surface area contributed by atoms with E-state index in [-0.39, 0.29) is 6.10 Å². The molecule has 17 heavy (non-hydrogen) atoms. The summed E-state index contributed by atoms with van der Waals surface area (Å²) < 4.78 is 5.74. The van der Waals surface area contributed by atoms with E-state index >= 15 is 0 Å². The Morgan fingerprint density at radius 1 is 1.59 bits per heavy atom. The molecule has 1 heterocycles. The molecule has 1 aliphatic heterocycles. The number of fused-ring (bicyclic) bond motifs is 1. The van der Waals surface area contributed by atoms with Crippen molar-refractivity contribution >= 4 is 12.0 Å². The van der Waals surface area contributed by atoms with Gasteiger partial charge in [0.25, 0.3) is 0 Å². The Labute approximate surface area is 100 Å². The van der Waals surface area contributed by atoms with Gasteiger partial charge in [0.05, 0.1) is 0 Å². The van der Waals surface area contributed by atoms with Gasteiger partial charge in [0.15, 0.2) is 0 Å². The number of aliphatic carboxylic acids is 1. The first-order chi connectivity index (χ1) is 8.20. The molecule has 0 radical (unpaired) electrons. The molecule has 1 aromatic rings. The molecule has 1 atom stereocenters. The van der Waals surface area contributed by atoms with Crippen molar-refractivity contribution in [3.63, 3.8) is 0 Å². The summed E-state index contributed by atoms with van der Waals surface area (Å²) in [7, 11) is 0. The maximum absolute atomic E-state index is 10.5. The van der Waals surface area contributed by atoms with Crippen molar-refractivity contribution in [2.75, 3.05) is 0 Å². The van der Waals surface area contributed by atoms with Gasteiger partial charge in [-0.2, -0.15) is 0 Å². The molecule has 0 unspecified atom stereocenters. The van der Waals surface area contributed by atoms with Crippen LogP contribution in [0.5, 0.6) is 5.75 Å². The Bertz CT molecular complexity index is 474. The standard InChI is InChI=1S/C14H14O3/c1-2-4-11-9-12-10(7-8-14(15)16)5-3-6-13(12)17-11/h2-3,5-8,11H,1,4,9H2,(H,15,16)/b8-7+/t11-/m1/s1. The van der Waals surface area contributed by atoms with Gasteiger partial charge in [-0.05, 0) is 17.7 Å². The second-order valence-electron chi connectivity index (χ2n) is 3.96. The lowest BCUT2D eigenvalue weighted by molar-refractivity contribution is -0.131. The smallest absolute Gasteiger partial charge is 0.328 e. The van der Waals surface area contributed by atoms with Crippen molar-refractivity contribution in [3.05, 3.63) is 48.1 Å². The SMILES string of the molecule is C=CC[C@@H]1Cc2c(/C=C/C(=O)O)cccc2O1. The molecule has 1 aromatic carbocycles. The number of ether oxygens (including phenoxy) is 1. The van der Waals surface area contributed by atoms with Crippen molar-refractivity contribution in [2.24, 2.45) is 0 Å². The van der Waals surface area contributed by atoms with Crippen LogP contribution in [-0.4, -0.2) is 17.2 Å². The van der Waals surface area contributed by atoms with Gasteiger partial charge in [-0.1, -0.05) is 18.2 Å². The summed E-state index contributed by atoms with van der Waals surface area (Å²) >= 11 is 0. The highest BCUT2D eigenvalue weighted by molar-refractivity contribution is 5.85. The Morgan fingerprint density at radius 2 is 2.41 bits per heavy atom. The second-order valence-corrected chi connectivity index (χ2v) is 3.96. The number of hydrogen-bond acceptors (Lipinski definition) is 2. The van der Waals surface area contributed by atoms with E-state index < -0.39 is 5.97 Å². The minimum atomic E-state index is -0.941. The van der Waals surface area contributed by atoms with E-state index in [1.165, 1.54) is 0 Å². The summed E-state index contributed by atoms with van der Waals surface area (Å²) in [6.07, 6.45) is 6.33. The highest BCUT2D eigenvalue weighted by atomic mass is 16.5. The van der Waals surface area contributed by atoms with E-state index in [1.807, 2.05) is 24.3 Å². The van der Waals surface area contributed by atoms with Crippen LogP contribution in [0.4, 0.5) is 0 Å². The molecule has 0 amide bonds. The quantitative estimate of drug-likeness (QED) is 0.639. The van der Waals surface area contributed by atoms with Gasteiger partial charge in [0.1, 0.15) is 11.9 Å². The highest BCUT2D eigenvalue weighted by Crippen LogP contribution is 2.33. The number of rotatable bonds is 4. The van der Waals surface area contributed by atoms with Crippen molar-refractivity contribution < 1.29 is 14.6 Å². The van der Waals surface area contributed by atoms with Crippen LogP contribution < -0.4 is 4.74 Å². The predicted octanol–water partition coefficient (Wildman–Crippen LogP) is 2.66. The fraction of sp³-hybridized carbons (Fsp3) is 0.214. The summed E-state index contributed by atoms with van der Waals surface area (Å²) in [6.45, 7) is 3.70. The Hall–Kier alpha value is -2.03. The van der Waals surface area contributed by atoms with Gasteiger partial charge in [-0.15, -0.1) is 6.58 Å². The summed E-state index contributed by atoms with van der Waals surface area (Å²) in [5.41, 5.74) is 1.99. The number of carbonyl (C=O) groups is 1. The fourth-order valence-corrected chi connectivity index (χ4v) is 1.99. The van der Waals surface area contributed by atoms with Crippen LogP contribution >= 0.6 is 0 Å². The van der Waals surface area contributed by atoms with Crippen molar-refractivity contribution in [3.8, 4) is 5.75 Å². The lowest BCUT2D eigenvalue weighted by Gasteiger charge is -2.06. The highest BCUT2D eigenvalue weighted by Gasteiger charge is 2.23. The Balaban J connectivity index is 2.25. The molecule has 0 spiro atoms. The van der Waals surface area contributed by atoms with E-state index in [9.17, 15) is 4.79 Å². The first-order valence-electron chi connectivity index (χ1n) is 5.51. The van der Waals surface area contributed by atoms with Crippen LogP contribution in [0.2, 0.25) is 0 Å². The molecule has 0 fully saturated rings. The van der Waals surface area contributed by atoms with Crippen LogP contribution in [-0.2, 0) is 11.2 Å². The Kier molecular flexibility index (Phi) is 3.28. The summed E-state index contributed by atoms with van der Waals surface area (Å²) in [6, 6.07) is 5.69. The third-order valence-electron chi connectivity index (χ3n) is 2.73. The summed E-state index contributed by atoms with van der Waals surface area (Å²) in [4.78, 5) is 10.5. The van der Waals surface area contributed by atoms with E-state index in [1.54, 1.807) is 6.08 Å². The average molecular weight is 230 g/mol. The minimum Gasteiger partial charge on any atom is -0.489 e. The van der Waals surface area contributed by atoms with Crippen LogP contribution in [0.1, 0.15) is 17.5 Å². The van der Waals surface area contributed by atoms with Gasteiger partial charge in [-0.25, -0.2) is 4.79 Å². The minimum absolute atomic E-state index is 0.127. The van der Waals surface area contributed by atoms with Crippen LogP contribution in [0.25, 0.3) is 6.08 Å². The molecule has 0 aliphatic carbocycles. The molecular formula is C14H14O3. The van der Waals surface area contributed by atoms with Crippen LogP contribution in [0.15, 0.2) is 36.9 Å². The molecule has 3 nitrogen and oxygen atoms in total. The third-order valence-corrected chi connectivity index (χ3v) is 2.73. The van der Waals surface area contributed by atoms with Crippen molar-refractivity contribution in [1.29, 1.82) is 0 Å². The monoisotopic (exact) mass is 230 g/mol. The molecule has 2 rings (SSSR count). The summed E-state index contributed by atoms with van der Waals surface area (Å²) in [5.74, 6) is -0.0893. The molecule has 0 aromatic heterocycles. The lowest BCUT2D eigenvalue weighted by Crippen LogP contribution is -2.10. The molecule has 1 aliphatic rings. The molecule has 1 N–H and O–H groups in total. The zero-order valence-electron chi connectivity index (χ0n) is 9.43. The molecular weight excluding hydrogens is 216 g/mol. The van der Waals surface area contributed by atoms with E-state index in [2.05, 4.69) is 6.58 Å². The largest absolute Gasteiger partial charge is 0.489 e. The normalized spacial score (nSPS) is 17.8. The van der Waals surface area contributed by atoms with Gasteiger partial charge >= 0.3 is 5.97 Å². The van der Waals surface area contributed by atoms with Crippen molar-refractivity contribution in [2.45, 2.75) is 18.9 Å². The third kappa shape index (κ3) is 2.56. The zero-order valence-corrected chi connectivity index (χ0v) is 9.43. The van der Waals surface area contributed by atoms with Crippen molar-refractivity contribution in [1.82, 2.24) is 0 Å². The topological polar surface area (TPSA) is 46.5 Å². The number of benzene rings is 1. The number of carboxylic acid groups (broad SMARTS) is 1. The molecule has 88 valence electrons. The van der Waals surface area contributed by atoms with Gasteiger partial charge < -0.3 is 9.84 Å². The van der Waals surface area contributed by atoms with Gasteiger partial charge in [-0.3, -0.25) is 0 Å². The van der Waals surface area contributed by atoms with E-state index in [0.29, 0.717) is 0 Å². The lowest BCUT2D eigenvalue weighted by atomic mass is 10.0. The first kappa shape index (κ1) is 11.5. The van der Waals surface area contributed by atoms with E-state index in [4.69, 9.17) is 9.84 Å². The second kappa shape index (κ2) is 4.87. The van der Waals surface area contributed by atoms with Gasteiger partial charge in [0, 0.05) is 24.5 Å². The van der Waals surface area contributed by atoms with E-state index in [0.717, 1.165) is 35.8 Å². The zero-order chi connectivity index (χ0) is 12.3. The fourth-order valence-electron chi connectivity index (χ4n) is 1.99.